The molecule has 0 aromatic rings. The Kier molecular flexibility index (Phi) is 7.28. The van der Waals surface area contributed by atoms with Crippen molar-refractivity contribution in [3.63, 3.8) is 0 Å². The predicted molar refractivity (Wildman–Crippen MR) is 73.2 cm³/mol. The van der Waals surface area contributed by atoms with Crippen molar-refractivity contribution >= 4 is 5.91 Å². The number of nitrogens with two attached hydrogens (primary N) is 1. The zero-order valence-corrected chi connectivity index (χ0v) is 11.8. The van der Waals surface area contributed by atoms with Crippen LogP contribution >= 0.6 is 0 Å². The third kappa shape index (κ3) is 6.36. The van der Waals surface area contributed by atoms with E-state index in [4.69, 9.17) is 10.5 Å². The van der Waals surface area contributed by atoms with E-state index in [-0.39, 0.29) is 17.9 Å². The molecule has 18 heavy (non-hydrogen) atoms. The van der Waals surface area contributed by atoms with Crippen LogP contribution in [0, 0.1) is 11.8 Å². The van der Waals surface area contributed by atoms with Crippen molar-refractivity contribution in [3.8, 4) is 0 Å². The van der Waals surface area contributed by atoms with Gasteiger partial charge in [0.25, 0.3) is 0 Å². The largest absolute Gasteiger partial charge is 0.381 e. The van der Waals surface area contributed by atoms with E-state index in [1.54, 1.807) is 0 Å². The monoisotopic (exact) mass is 256 g/mol. The lowest BCUT2D eigenvalue weighted by Crippen LogP contribution is -2.36. The molecular formula is C14H28N2O2. The van der Waals surface area contributed by atoms with Crippen LogP contribution in [-0.2, 0) is 9.53 Å². The minimum Gasteiger partial charge on any atom is -0.381 e. The highest BCUT2D eigenvalue weighted by atomic mass is 16.5. The fraction of sp³-hybridized carbons (Fsp3) is 0.929. The van der Waals surface area contributed by atoms with E-state index in [1.807, 2.05) is 13.8 Å². The Bertz CT molecular complexity index is 238. The fourth-order valence-corrected chi connectivity index (χ4v) is 2.26. The summed E-state index contributed by atoms with van der Waals surface area (Å²) in [5, 5.41) is 3.04. The van der Waals surface area contributed by atoms with Gasteiger partial charge in [0.15, 0.2) is 0 Å². The molecule has 0 spiro atoms. The third-order valence-corrected chi connectivity index (χ3v) is 3.56. The van der Waals surface area contributed by atoms with E-state index in [9.17, 15) is 4.79 Å². The molecule has 0 saturated carbocycles. The van der Waals surface area contributed by atoms with Crippen LogP contribution in [0.3, 0.4) is 0 Å². The van der Waals surface area contributed by atoms with Crippen LogP contribution in [-0.4, -0.2) is 31.7 Å². The molecule has 1 heterocycles. The molecule has 1 aliphatic heterocycles. The number of hydrogen-bond acceptors (Lipinski definition) is 3. The van der Waals surface area contributed by atoms with Gasteiger partial charge in [0.05, 0.1) is 6.61 Å². The summed E-state index contributed by atoms with van der Waals surface area (Å²) >= 11 is 0. The van der Waals surface area contributed by atoms with Gasteiger partial charge in [0.1, 0.15) is 0 Å². The Morgan fingerprint density at radius 3 is 2.83 bits per heavy atom. The number of rotatable bonds is 7. The number of amides is 1. The second-order valence-corrected chi connectivity index (χ2v) is 5.64. The quantitative estimate of drug-likeness (QED) is 0.728. The minimum atomic E-state index is 0.0910. The Morgan fingerprint density at radius 1 is 1.44 bits per heavy atom. The molecule has 0 aliphatic carbocycles. The molecule has 1 saturated heterocycles. The number of ether oxygens (including phenoxy) is 1. The molecule has 0 aromatic carbocycles. The molecule has 3 atom stereocenters. The molecule has 0 aromatic heterocycles. The normalized spacial score (nSPS) is 23.4. The highest BCUT2D eigenvalue weighted by Gasteiger charge is 2.17. The molecule has 4 nitrogen and oxygen atoms in total. The van der Waals surface area contributed by atoms with E-state index >= 15 is 0 Å². The number of carbonyl (C=O) groups is 1. The van der Waals surface area contributed by atoms with E-state index in [0.717, 1.165) is 45.4 Å². The average molecular weight is 256 g/mol. The van der Waals surface area contributed by atoms with Crippen molar-refractivity contribution in [1.82, 2.24) is 5.32 Å². The third-order valence-electron chi connectivity index (χ3n) is 3.56. The van der Waals surface area contributed by atoms with Gasteiger partial charge in [-0.25, -0.2) is 0 Å². The summed E-state index contributed by atoms with van der Waals surface area (Å²) in [7, 11) is 0. The van der Waals surface area contributed by atoms with Crippen molar-refractivity contribution in [2.45, 2.75) is 52.0 Å². The summed E-state index contributed by atoms with van der Waals surface area (Å²) in [6, 6.07) is 0.236. The molecular weight excluding hydrogens is 228 g/mol. The zero-order valence-electron chi connectivity index (χ0n) is 11.8. The number of hydrogen-bond donors (Lipinski definition) is 2. The maximum Gasteiger partial charge on any atom is 0.222 e. The maximum atomic E-state index is 11.9. The summed E-state index contributed by atoms with van der Waals surface area (Å²) in [5.74, 6) is 0.762. The van der Waals surface area contributed by atoms with Crippen LogP contribution in [0.25, 0.3) is 0 Å². The Hall–Kier alpha value is -0.610. The predicted octanol–water partition coefficient (Wildman–Crippen LogP) is 1.68. The summed E-state index contributed by atoms with van der Waals surface area (Å²) in [5.41, 5.74) is 5.70. The van der Waals surface area contributed by atoms with Gasteiger partial charge in [-0.2, -0.15) is 0 Å². The Labute approximate surface area is 111 Å². The second kappa shape index (κ2) is 8.48. The van der Waals surface area contributed by atoms with Gasteiger partial charge in [0, 0.05) is 25.1 Å². The number of nitrogens with one attached hydrogen (secondary N) is 1. The first-order valence-electron chi connectivity index (χ1n) is 7.20. The fourth-order valence-electron chi connectivity index (χ4n) is 2.26. The summed E-state index contributed by atoms with van der Waals surface area (Å²) in [6.07, 6.45) is 5.23. The van der Waals surface area contributed by atoms with E-state index in [2.05, 4.69) is 5.32 Å². The van der Waals surface area contributed by atoms with E-state index in [0.29, 0.717) is 5.92 Å². The van der Waals surface area contributed by atoms with E-state index in [1.165, 1.54) is 6.42 Å². The first-order chi connectivity index (χ1) is 8.59. The van der Waals surface area contributed by atoms with Crippen LogP contribution < -0.4 is 11.1 Å². The van der Waals surface area contributed by atoms with Gasteiger partial charge in [-0.3, -0.25) is 4.79 Å². The molecule has 3 N–H and O–H groups in total. The van der Waals surface area contributed by atoms with Gasteiger partial charge in [-0.1, -0.05) is 13.3 Å². The highest BCUT2D eigenvalue weighted by Crippen LogP contribution is 2.13. The highest BCUT2D eigenvalue weighted by molar-refractivity contribution is 5.78. The maximum absolute atomic E-state index is 11.9. The lowest BCUT2D eigenvalue weighted by molar-refractivity contribution is -0.125. The smallest absolute Gasteiger partial charge is 0.222 e. The SMILES string of the molecule is CC(N)CCCC(C)C(=O)NCC1CCCOC1. The first-order valence-corrected chi connectivity index (χ1v) is 7.20. The van der Waals surface area contributed by atoms with Crippen molar-refractivity contribution < 1.29 is 9.53 Å². The molecule has 3 unspecified atom stereocenters. The van der Waals surface area contributed by atoms with Gasteiger partial charge >= 0.3 is 0 Å². The molecule has 0 radical (unpaired) electrons. The average Bonchev–Trinajstić information content (AvgIpc) is 2.36. The van der Waals surface area contributed by atoms with Crippen LogP contribution in [0.1, 0.15) is 46.0 Å². The molecule has 1 rings (SSSR count). The van der Waals surface area contributed by atoms with E-state index < -0.39 is 0 Å². The summed E-state index contributed by atoms with van der Waals surface area (Å²) in [4.78, 5) is 11.9. The van der Waals surface area contributed by atoms with Gasteiger partial charge in [0.2, 0.25) is 5.91 Å². The summed E-state index contributed by atoms with van der Waals surface area (Å²) in [6.45, 7) is 6.43. The topological polar surface area (TPSA) is 64.4 Å². The first kappa shape index (κ1) is 15.4. The molecule has 1 fully saturated rings. The Balaban J connectivity index is 2.10. The summed E-state index contributed by atoms with van der Waals surface area (Å²) < 4.78 is 5.40. The second-order valence-electron chi connectivity index (χ2n) is 5.64. The lowest BCUT2D eigenvalue weighted by Gasteiger charge is -2.23. The molecule has 1 amide bonds. The van der Waals surface area contributed by atoms with Crippen molar-refractivity contribution in [2.75, 3.05) is 19.8 Å². The molecule has 4 heteroatoms. The van der Waals surface area contributed by atoms with Crippen LogP contribution in [0.15, 0.2) is 0 Å². The van der Waals surface area contributed by atoms with Crippen molar-refractivity contribution in [3.05, 3.63) is 0 Å². The lowest BCUT2D eigenvalue weighted by atomic mass is 9.99. The van der Waals surface area contributed by atoms with Gasteiger partial charge in [-0.05, 0) is 38.5 Å². The van der Waals surface area contributed by atoms with Crippen molar-refractivity contribution in [1.29, 1.82) is 0 Å². The number of carbonyl (C=O) groups excluding carboxylic acids is 1. The van der Waals surface area contributed by atoms with Gasteiger partial charge < -0.3 is 15.8 Å². The standard InChI is InChI=1S/C14H28N2O2/c1-11(5-3-6-12(2)15)14(17)16-9-13-7-4-8-18-10-13/h11-13H,3-10,15H2,1-2H3,(H,16,17). The van der Waals surface area contributed by atoms with Crippen molar-refractivity contribution in [2.24, 2.45) is 17.6 Å². The Morgan fingerprint density at radius 2 is 2.22 bits per heavy atom. The molecule has 0 bridgehead atoms. The van der Waals surface area contributed by atoms with Gasteiger partial charge in [-0.15, -0.1) is 0 Å². The minimum absolute atomic E-state index is 0.0910. The zero-order chi connectivity index (χ0) is 13.4. The molecule has 1 aliphatic rings. The van der Waals surface area contributed by atoms with Crippen LogP contribution in [0.5, 0.6) is 0 Å². The van der Waals surface area contributed by atoms with Crippen LogP contribution in [0.4, 0.5) is 0 Å². The van der Waals surface area contributed by atoms with Crippen LogP contribution in [0.2, 0.25) is 0 Å². The molecule has 106 valence electrons.